The first-order chi connectivity index (χ1) is 13.2. The Morgan fingerprint density at radius 3 is 2.43 bits per heavy atom. The Bertz CT molecular complexity index is 1090. The number of esters is 1. The maximum atomic E-state index is 14.7. The molecule has 28 heavy (non-hydrogen) atoms. The summed E-state index contributed by atoms with van der Waals surface area (Å²) >= 11 is 0. The number of nitriles is 1. The normalized spacial score (nSPS) is 10.8. The van der Waals surface area contributed by atoms with E-state index in [2.05, 4.69) is 0 Å². The number of hydrogen-bond donors (Lipinski definition) is 0. The molecule has 0 fully saturated rings. The highest BCUT2D eigenvalue weighted by Gasteiger charge is 2.23. The highest BCUT2D eigenvalue weighted by molar-refractivity contribution is 5.93. The second kappa shape index (κ2) is 8.21. The molecule has 0 aliphatic carbocycles. The highest BCUT2D eigenvalue weighted by atomic mass is 19.1. The minimum absolute atomic E-state index is 0.209. The standard InChI is InChI=1S/C20H22FN3O4/c1-6-16-12(5)18(25)24(20(27)23(16)7-2)17-9-14(19(26)28-11(3)4)13(10-22)8-15(17)21/h8-9,11H,6-7H2,1-5H3. The van der Waals surface area contributed by atoms with Gasteiger partial charge in [0.1, 0.15) is 11.9 Å². The Kier molecular flexibility index (Phi) is 6.19. The predicted molar refractivity (Wildman–Crippen MR) is 101 cm³/mol. The maximum absolute atomic E-state index is 14.7. The minimum Gasteiger partial charge on any atom is -0.459 e. The molecule has 1 aromatic heterocycles. The molecule has 2 aromatic rings. The van der Waals surface area contributed by atoms with Crippen molar-refractivity contribution in [1.82, 2.24) is 9.13 Å². The summed E-state index contributed by atoms with van der Waals surface area (Å²) in [4.78, 5) is 38.0. The molecule has 0 radical (unpaired) electrons. The molecule has 0 saturated carbocycles. The van der Waals surface area contributed by atoms with Crippen LogP contribution in [0.1, 0.15) is 54.9 Å². The number of halogens is 1. The van der Waals surface area contributed by atoms with E-state index in [-0.39, 0.29) is 11.1 Å². The Hall–Kier alpha value is -3.21. The third-order valence-electron chi connectivity index (χ3n) is 4.37. The van der Waals surface area contributed by atoms with Gasteiger partial charge >= 0.3 is 11.7 Å². The van der Waals surface area contributed by atoms with Gasteiger partial charge in [-0.1, -0.05) is 6.92 Å². The zero-order valence-electron chi connectivity index (χ0n) is 16.5. The van der Waals surface area contributed by atoms with Crippen molar-refractivity contribution in [3.05, 3.63) is 61.2 Å². The van der Waals surface area contributed by atoms with Crippen molar-refractivity contribution in [2.45, 2.75) is 53.7 Å². The van der Waals surface area contributed by atoms with Gasteiger partial charge in [-0.15, -0.1) is 0 Å². The zero-order valence-corrected chi connectivity index (χ0v) is 16.5. The van der Waals surface area contributed by atoms with E-state index in [0.29, 0.717) is 28.8 Å². The molecule has 0 bridgehead atoms. The van der Waals surface area contributed by atoms with E-state index in [1.165, 1.54) is 4.57 Å². The highest BCUT2D eigenvalue weighted by Crippen LogP contribution is 2.19. The molecule has 0 N–H and O–H groups in total. The number of carbonyl (C=O) groups is 1. The molecular formula is C20H22FN3O4. The number of hydrogen-bond acceptors (Lipinski definition) is 5. The van der Waals surface area contributed by atoms with Gasteiger partial charge < -0.3 is 4.74 Å². The first kappa shape index (κ1) is 21.1. The third-order valence-corrected chi connectivity index (χ3v) is 4.37. The van der Waals surface area contributed by atoms with Crippen LogP contribution in [-0.4, -0.2) is 21.2 Å². The second-order valence-electron chi connectivity index (χ2n) is 6.51. The Labute approximate surface area is 161 Å². The van der Waals surface area contributed by atoms with Crippen molar-refractivity contribution in [2.75, 3.05) is 0 Å². The first-order valence-corrected chi connectivity index (χ1v) is 8.98. The number of aromatic nitrogens is 2. The summed E-state index contributed by atoms with van der Waals surface area (Å²) in [6.45, 7) is 8.69. The Morgan fingerprint density at radius 1 is 1.29 bits per heavy atom. The lowest BCUT2D eigenvalue weighted by Gasteiger charge is -2.17. The van der Waals surface area contributed by atoms with E-state index in [9.17, 15) is 24.0 Å². The van der Waals surface area contributed by atoms with Crippen LogP contribution in [0, 0.1) is 24.1 Å². The Balaban J connectivity index is 2.89. The largest absolute Gasteiger partial charge is 0.459 e. The summed E-state index contributed by atoms with van der Waals surface area (Å²) in [6.07, 6.45) is 0.00552. The van der Waals surface area contributed by atoms with Crippen LogP contribution in [0.5, 0.6) is 0 Å². The minimum atomic E-state index is -0.955. The van der Waals surface area contributed by atoms with Crippen molar-refractivity contribution >= 4 is 5.97 Å². The van der Waals surface area contributed by atoms with Crippen molar-refractivity contribution in [2.24, 2.45) is 0 Å². The van der Waals surface area contributed by atoms with E-state index < -0.39 is 34.8 Å². The molecule has 0 aliphatic rings. The molecule has 1 heterocycles. The van der Waals surface area contributed by atoms with E-state index in [4.69, 9.17) is 4.74 Å². The number of nitrogens with zero attached hydrogens (tertiary/aromatic N) is 3. The molecule has 0 aliphatic heterocycles. The van der Waals surface area contributed by atoms with Crippen LogP contribution in [-0.2, 0) is 17.7 Å². The van der Waals surface area contributed by atoms with E-state index >= 15 is 0 Å². The zero-order chi connectivity index (χ0) is 21.2. The van der Waals surface area contributed by atoms with Gasteiger partial charge in [0.2, 0.25) is 0 Å². The summed E-state index contributed by atoms with van der Waals surface area (Å²) in [5.41, 5.74) is -1.32. The van der Waals surface area contributed by atoms with Crippen molar-refractivity contribution in [3.8, 4) is 11.8 Å². The number of carbonyl (C=O) groups excluding carboxylic acids is 1. The molecule has 0 spiro atoms. The van der Waals surface area contributed by atoms with E-state index in [1.54, 1.807) is 33.8 Å². The molecule has 0 saturated heterocycles. The van der Waals surface area contributed by atoms with Crippen LogP contribution in [0.25, 0.3) is 5.69 Å². The average Bonchev–Trinajstić information content (AvgIpc) is 2.64. The van der Waals surface area contributed by atoms with Gasteiger partial charge in [-0.05, 0) is 46.2 Å². The fraction of sp³-hybridized carbons (Fsp3) is 0.400. The van der Waals surface area contributed by atoms with Crippen molar-refractivity contribution < 1.29 is 13.9 Å². The summed E-state index contributed by atoms with van der Waals surface area (Å²) in [5, 5.41) is 9.23. The predicted octanol–water partition coefficient (Wildman–Crippen LogP) is 2.47. The fourth-order valence-electron chi connectivity index (χ4n) is 3.08. The molecule has 0 amide bonds. The lowest BCUT2D eigenvalue weighted by atomic mass is 10.1. The van der Waals surface area contributed by atoms with Crippen LogP contribution in [0.15, 0.2) is 21.7 Å². The van der Waals surface area contributed by atoms with Crippen LogP contribution in [0.4, 0.5) is 4.39 Å². The Morgan fingerprint density at radius 2 is 1.93 bits per heavy atom. The monoisotopic (exact) mass is 387 g/mol. The van der Waals surface area contributed by atoms with Crippen LogP contribution in [0.2, 0.25) is 0 Å². The number of ether oxygens (including phenoxy) is 1. The van der Waals surface area contributed by atoms with Crippen LogP contribution >= 0.6 is 0 Å². The average molecular weight is 387 g/mol. The third kappa shape index (κ3) is 3.60. The lowest BCUT2D eigenvalue weighted by Crippen LogP contribution is -2.42. The smallest absolute Gasteiger partial charge is 0.339 e. The molecule has 0 unspecified atom stereocenters. The number of rotatable bonds is 5. The quantitative estimate of drug-likeness (QED) is 0.735. The van der Waals surface area contributed by atoms with Crippen molar-refractivity contribution in [3.63, 3.8) is 0 Å². The van der Waals surface area contributed by atoms with E-state index in [1.807, 2.05) is 6.92 Å². The van der Waals surface area contributed by atoms with Gasteiger partial charge in [-0.3, -0.25) is 9.36 Å². The molecule has 148 valence electrons. The fourth-order valence-corrected chi connectivity index (χ4v) is 3.08. The summed E-state index contributed by atoms with van der Waals surface area (Å²) in [6, 6.07) is 3.59. The van der Waals surface area contributed by atoms with Gasteiger partial charge in [-0.25, -0.2) is 18.5 Å². The van der Waals surface area contributed by atoms with Crippen molar-refractivity contribution in [1.29, 1.82) is 5.26 Å². The number of benzene rings is 1. The lowest BCUT2D eigenvalue weighted by molar-refractivity contribution is 0.0377. The topological polar surface area (TPSA) is 94.1 Å². The molecule has 0 atom stereocenters. The molecular weight excluding hydrogens is 365 g/mol. The molecule has 7 nitrogen and oxygen atoms in total. The SMILES string of the molecule is CCc1c(C)c(=O)n(-c2cc(C(=O)OC(C)C)c(C#N)cc2F)c(=O)n1CC. The first-order valence-electron chi connectivity index (χ1n) is 8.98. The van der Waals surface area contributed by atoms with Gasteiger partial charge in [-0.2, -0.15) is 5.26 Å². The maximum Gasteiger partial charge on any atom is 0.339 e. The summed E-state index contributed by atoms with van der Waals surface area (Å²) < 4.78 is 21.9. The van der Waals surface area contributed by atoms with E-state index in [0.717, 1.165) is 12.1 Å². The van der Waals surface area contributed by atoms with Gasteiger partial charge in [0, 0.05) is 17.8 Å². The molecule has 8 heteroatoms. The summed E-state index contributed by atoms with van der Waals surface area (Å²) in [5.74, 6) is -1.79. The van der Waals surface area contributed by atoms with Crippen LogP contribution < -0.4 is 11.2 Å². The summed E-state index contributed by atoms with van der Waals surface area (Å²) in [7, 11) is 0. The van der Waals surface area contributed by atoms with Gasteiger partial charge in [0.05, 0.1) is 22.9 Å². The van der Waals surface area contributed by atoms with Gasteiger partial charge in [0.25, 0.3) is 5.56 Å². The van der Waals surface area contributed by atoms with Gasteiger partial charge in [0.15, 0.2) is 0 Å². The van der Waals surface area contributed by atoms with Crippen LogP contribution in [0.3, 0.4) is 0 Å². The second-order valence-corrected chi connectivity index (χ2v) is 6.51. The molecule has 1 aromatic carbocycles. The molecule has 2 rings (SSSR count).